The minimum Gasteiger partial charge on any atom is -0.456 e. The Bertz CT molecular complexity index is 1710. The van der Waals surface area contributed by atoms with Crippen molar-refractivity contribution in [2.24, 2.45) is 0 Å². The highest BCUT2D eigenvalue weighted by molar-refractivity contribution is 6.62. The minimum absolute atomic E-state index is 0.377. The summed E-state index contributed by atoms with van der Waals surface area (Å²) in [5, 5.41) is 4.70. The molecule has 0 radical (unpaired) electrons. The summed E-state index contributed by atoms with van der Waals surface area (Å²) in [4.78, 5) is 0. The number of hydrogen-bond donors (Lipinski definition) is 0. The van der Waals surface area contributed by atoms with Crippen molar-refractivity contribution in [3.8, 4) is 5.69 Å². The normalized spacial score (nSPS) is 17.3. The lowest BCUT2D eigenvalue weighted by atomic mass is 9.79. The number of fused-ring (bicyclic) bond motifs is 6. The summed E-state index contributed by atoms with van der Waals surface area (Å²) in [5.41, 5.74) is 5.44. The van der Waals surface area contributed by atoms with E-state index in [9.17, 15) is 0 Å². The Morgan fingerprint density at radius 2 is 1.23 bits per heavy atom. The van der Waals surface area contributed by atoms with Crippen LogP contribution in [0.1, 0.15) is 27.7 Å². The van der Waals surface area contributed by atoms with Gasteiger partial charge in [0.05, 0.1) is 22.2 Å². The number of aromatic nitrogens is 1. The van der Waals surface area contributed by atoms with E-state index in [1.54, 1.807) is 0 Å². The van der Waals surface area contributed by atoms with Crippen LogP contribution in [-0.4, -0.2) is 22.9 Å². The van der Waals surface area contributed by atoms with Gasteiger partial charge in [-0.1, -0.05) is 48.5 Å². The van der Waals surface area contributed by atoms with Crippen LogP contribution in [0, 0.1) is 0 Å². The molecule has 3 heterocycles. The Hall–Kier alpha value is -3.54. The van der Waals surface area contributed by atoms with Crippen molar-refractivity contribution in [2.45, 2.75) is 38.9 Å². The highest BCUT2D eigenvalue weighted by atomic mass is 16.7. The number of furan rings is 1. The van der Waals surface area contributed by atoms with E-state index in [1.165, 1.54) is 21.8 Å². The van der Waals surface area contributed by atoms with Gasteiger partial charge in [0, 0.05) is 27.2 Å². The van der Waals surface area contributed by atoms with Crippen LogP contribution < -0.4 is 5.46 Å². The van der Waals surface area contributed by atoms with Crippen LogP contribution in [0.3, 0.4) is 0 Å². The monoisotopic (exact) mass is 459 g/mol. The van der Waals surface area contributed by atoms with Gasteiger partial charge in [-0.2, -0.15) is 0 Å². The molecule has 0 unspecified atom stereocenters. The number of para-hydroxylation sites is 2. The molecule has 0 bridgehead atoms. The third-order valence-corrected chi connectivity index (χ3v) is 7.84. The van der Waals surface area contributed by atoms with Crippen molar-refractivity contribution in [2.75, 3.05) is 0 Å². The van der Waals surface area contributed by atoms with Gasteiger partial charge in [0.15, 0.2) is 0 Å². The van der Waals surface area contributed by atoms with Gasteiger partial charge in [0.2, 0.25) is 0 Å². The third-order valence-electron chi connectivity index (χ3n) is 7.84. The van der Waals surface area contributed by atoms with E-state index < -0.39 is 7.12 Å². The van der Waals surface area contributed by atoms with Crippen molar-refractivity contribution < 1.29 is 13.7 Å². The van der Waals surface area contributed by atoms with E-state index in [0.29, 0.717) is 0 Å². The van der Waals surface area contributed by atoms with E-state index >= 15 is 0 Å². The largest absolute Gasteiger partial charge is 0.494 e. The zero-order valence-corrected chi connectivity index (χ0v) is 20.3. The number of rotatable bonds is 2. The molecule has 4 nitrogen and oxygen atoms in total. The van der Waals surface area contributed by atoms with Crippen molar-refractivity contribution >= 4 is 56.3 Å². The van der Waals surface area contributed by atoms with E-state index in [1.807, 2.05) is 0 Å². The zero-order valence-electron chi connectivity index (χ0n) is 20.3. The highest BCUT2D eigenvalue weighted by Gasteiger charge is 2.51. The lowest BCUT2D eigenvalue weighted by Crippen LogP contribution is -2.41. The first kappa shape index (κ1) is 20.8. The lowest BCUT2D eigenvalue weighted by molar-refractivity contribution is 0.00578. The number of nitrogens with zero attached hydrogens (tertiary/aromatic N) is 1. The van der Waals surface area contributed by atoms with Gasteiger partial charge in [0.1, 0.15) is 11.2 Å². The molecular weight excluding hydrogens is 433 g/mol. The SMILES string of the molecule is CC1(C)OB(c2ccc3c(c2)oc2ccc(-n4c5ccccc5c5ccccc54)cc23)OC1(C)C. The fourth-order valence-electron chi connectivity index (χ4n) is 5.25. The summed E-state index contributed by atoms with van der Waals surface area (Å²) in [6, 6.07) is 29.9. The summed E-state index contributed by atoms with van der Waals surface area (Å²) in [6.07, 6.45) is 0. The zero-order chi connectivity index (χ0) is 23.9. The maximum atomic E-state index is 6.28. The molecule has 35 heavy (non-hydrogen) atoms. The predicted octanol–water partition coefficient (Wildman–Crippen LogP) is 6.98. The Balaban J connectivity index is 1.38. The van der Waals surface area contributed by atoms with Crippen LogP contribution in [0.5, 0.6) is 0 Å². The molecule has 1 aliphatic heterocycles. The topological polar surface area (TPSA) is 36.5 Å². The molecule has 172 valence electrons. The lowest BCUT2D eigenvalue weighted by Gasteiger charge is -2.32. The average molecular weight is 459 g/mol. The maximum Gasteiger partial charge on any atom is 0.494 e. The highest BCUT2D eigenvalue weighted by Crippen LogP contribution is 2.38. The average Bonchev–Trinajstić information content (AvgIpc) is 3.45. The number of benzene rings is 4. The molecule has 1 saturated heterocycles. The minimum atomic E-state index is -0.411. The Morgan fingerprint density at radius 1 is 0.600 bits per heavy atom. The van der Waals surface area contributed by atoms with Gasteiger partial charge in [-0.15, -0.1) is 0 Å². The molecule has 0 amide bonds. The van der Waals surface area contributed by atoms with Gasteiger partial charge in [-0.05, 0) is 69.6 Å². The van der Waals surface area contributed by atoms with E-state index in [2.05, 4.69) is 117 Å². The van der Waals surface area contributed by atoms with Crippen molar-refractivity contribution in [3.63, 3.8) is 0 Å². The second-order valence-corrected chi connectivity index (χ2v) is 10.5. The van der Waals surface area contributed by atoms with Crippen LogP contribution in [0.2, 0.25) is 0 Å². The van der Waals surface area contributed by atoms with Gasteiger partial charge < -0.3 is 18.3 Å². The first-order chi connectivity index (χ1) is 16.8. The van der Waals surface area contributed by atoms with Crippen molar-refractivity contribution in [1.82, 2.24) is 4.57 Å². The van der Waals surface area contributed by atoms with Crippen LogP contribution in [0.4, 0.5) is 0 Å². The second kappa shape index (κ2) is 7.00. The summed E-state index contributed by atoms with van der Waals surface area (Å²) in [7, 11) is -0.411. The molecule has 0 atom stereocenters. The Kier molecular flexibility index (Phi) is 4.16. The predicted molar refractivity (Wildman–Crippen MR) is 144 cm³/mol. The van der Waals surface area contributed by atoms with Gasteiger partial charge >= 0.3 is 7.12 Å². The summed E-state index contributed by atoms with van der Waals surface area (Å²) in [5.74, 6) is 0. The summed E-state index contributed by atoms with van der Waals surface area (Å²) >= 11 is 0. The van der Waals surface area contributed by atoms with Crippen LogP contribution >= 0.6 is 0 Å². The molecule has 7 rings (SSSR count). The second-order valence-electron chi connectivity index (χ2n) is 10.5. The molecule has 0 aliphatic carbocycles. The van der Waals surface area contributed by atoms with E-state index in [4.69, 9.17) is 13.7 Å². The standard InChI is InChI=1S/C30H26BNO3/c1-29(2)30(3,4)35-31(34-29)19-13-15-23-24-18-20(14-16-27(24)33-28(23)17-19)32-25-11-7-5-9-21(25)22-10-6-8-12-26(22)32/h5-18H,1-4H3. The maximum absolute atomic E-state index is 6.28. The fourth-order valence-corrected chi connectivity index (χ4v) is 5.25. The summed E-state index contributed by atoms with van der Waals surface area (Å²) < 4.78 is 21.1. The molecule has 0 N–H and O–H groups in total. The molecule has 0 spiro atoms. The fraction of sp³-hybridized carbons (Fsp3) is 0.200. The van der Waals surface area contributed by atoms with Gasteiger partial charge in [-0.3, -0.25) is 0 Å². The summed E-state index contributed by atoms with van der Waals surface area (Å²) in [6.45, 7) is 8.29. The Labute approximate surface area is 204 Å². The first-order valence-electron chi connectivity index (χ1n) is 12.1. The van der Waals surface area contributed by atoms with Crippen molar-refractivity contribution in [1.29, 1.82) is 0 Å². The quantitative estimate of drug-likeness (QED) is 0.262. The first-order valence-corrected chi connectivity index (χ1v) is 12.1. The molecule has 6 aromatic rings. The van der Waals surface area contributed by atoms with Gasteiger partial charge in [-0.25, -0.2) is 0 Å². The number of hydrogen-bond acceptors (Lipinski definition) is 3. The molecule has 2 aromatic heterocycles. The van der Waals surface area contributed by atoms with E-state index in [0.717, 1.165) is 33.1 Å². The Morgan fingerprint density at radius 3 is 1.89 bits per heavy atom. The van der Waals surface area contributed by atoms with Crippen LogP contribution in [-0.2, 0) is 9.31 Å². The molecule has 0 saturated carbocycles. The van der Waals surface area contributed by atoms with Crippen molar-refractivity contribution in [3.05, 3.63) is 84.9 Å². The smallest absolute Gasteiger partial charge is 0.456 e. The molecule has 1 fully saturated rings. The van der Waals surface area contributed by atoms with E-state index in [-0.39, 0.29) is 11.2 Å². The molecular formula is C30H26BNO3. The molecule has 5 heteroatoms. The van der Waals surface area contributed by atoms with Gasteiger partial charge in [0.25, 0.3) is 0 Å². The van der Waals surface area contributed by atoms with Crippen LogP contribution in [0.25, 0.3) is 49.4 Å². The molecule has 4 aromatic carbocycles. The molecule has 1 aliphatic rings. The third kappa shape index (κ3) is 2.95. The van der Waals surface area contributed by atoms with Crippen LogP contribution in [0.15, 0.2) is 89.3 Å².